The molecule has 0 aliphatic carbocycles. The number of alkyl carbamates (subject to hydrolysis) is 1. The molecule has 1 rings (SSSR count). The summed E-state index contributed by atoms with van der Waals surface area (Å²) in [6, 6.07) is 0. The van der Waals surface area contributed by atoms with E-state index in [-0.39, 0.29) is 24.0 Å². The second kappa shape index (κ2) is 15.1. The Bertz CT molecular complexity index is 446. The molecule has 3 N–H and O–H groups in total. The van der Waals surface area contributed by atoms with Gasteiger partial charge in [0.1, 0.15) is 5.60 Å². The number of carbonyl (C=O) groups excluding carboxylic acids is 1. The number of hydrogen-bond donors (Lipinski definition) is 3. The highest BCUT2D eigenvalue weighted by Crippen LogP contribution is 2.16. The highest BCUT2D eigenvalue weighted by Gasteiger charge is 2.16. The van der Waals surface area contributed by atoms with Gasteiger partial charge in [-0.25, -0.2) is 4.79 Å². The largest absolute Gasteiger partial charge is 0.444 e. The van der Waals surface area contributed by atoms with Gasteiger partial charge in [0.2, 0.25) is 0 Å². The van der Waals surface area contributed by atoms with Gasteiger partial charge in [0.25, 0.3) is 0 Å². The van der Waals surface area contributed by atoms with Crippen LogP contribution in [-0.2, 0) is 4.74 Å². The molecule has 0 atom stereocenters. The van der Waals surface area contributed by atoms with Crippen molar-refractivity contribution in [1.82, 2.24) is 20.9 Å². The van der Waals surface area contributed by atoms with Crippen molar-refractivity contribution in [2.24, 2.45) is 10.9 Å². The predicted octanol–water partition coefficient (Wildman–Crippen LogP) is 3.20. The molecule has 1 saturated heterocycles. The minimum atomic E-state index is -0.472. The number of nitrogens with zero attached hydrogens (tertiary/aromatic N) is 2. The van der Waals surface area contributed by atoms with Gasteiger partial charge in [-0.05, 0) is 78.9 Å². The van der Waals surface area contributed by atoms with Crippen molar-refractivity contribution in [1.29, 1.82) is 0 Å². The SMILES string of the molecule is CCNC(=NCCCCN1CCC(C)CC1)NCCNC(=O)OC(C)(C)C.I. The molecule has 0 spiro atoms. The minimum absolute atomic E-state index is 0. The average Bonchev–Trinajstić information content (AvgIpc) is 2.58. The lowest BCUT2D eigenvalue weighted by Crippen LogP contribution is -2.42. The van der Waals surface area contributed by atoms with Crippen LogP contribution in [0.25, 0.3) is 0 Å². The Labute approximate surface area is 188 Å². The van der Waals surface area contributed by atoms with Gasteiger partial charge in [-0.15, -0.1) is 24.0 Å². The molecule has 8 heteroatoms. The van der Waals surface area contributed by atoms with Gasteiger partial charge in [0.05, 0.1) is 0 Å². The number of halogens is 1. The Balaban J connectivity index is 0.00000729. The molecule has 0 radical (unpaired) electrons. The van der Waals surface area contributed by atoms with E-state index in [1.165, 1.54) is 38.9 Å². The zero-order valence-electron chi connectivity index (χ0n) is 18.5. The fourth-order valence-corrected chi connectivity index (χ4v) is 2.93. The van der Waals surface area contributed by atoms with Crippen molar-refractivity contribution in [2.45, 2.75) is 65.9 Å². The van der Waals surface area contributed by atoms with Gasteiger partial charge in [0, 0.05) is 26.2 Å². The molecule has 166 valence electrons. The smallest absolute Gasteiger partial charge is 0.407 e. The predicted molar refractivity (Wildman–Crippen MR) is 128 cm³/mol. The van der Waals surface area contributed by atoms with Gasteiger partial charge < -0.3 is 25.6 Å². The number of amides is 1. The topological polar surface area (TPSA) is 78.0 Å². The van der Waals surface area contributed by atoms with Crippen LogP contribution in [0.2, 0.25) is 0 Å². The summed E-state index contributed by atoms with van der Waals surface area (Å²) in [5, 5.41) is 9.22. The first-order chi connectivity index (χ1) is 12.8. The summed E-state index contributed by atoms with van der Waals surface area (Å²) in [6.45, 7) is 16.4. The van der Waals surface area contributed by atoms with E-state index < -0.39 is 11.7 Å². The first kappa shape index (κ1) is 27.2. The van der Waals surface area contributed by atoms with Gasteiger partial charge in [-0.1, -0.05) is 6.92 Å². The van der Waals surface area contributed by atoms with E-state index >= 15 is 0 Å². The summed E-state index contributed by atoms with van der Waals surface area (Å²) >= 11 is 0. The number of unbranched alkanes of at least 4 members (excludes halogenated alkanes) is 1. The lowest BCUT2D eigenvalue weighted by Gasteiger charge is -2.30. The molecule has 7 nitrogen and oxygen atoms in total. The molecule has 0 unspecified atom stereocenters. The van der Waals surface area contributed by atoms with Gasteiger partial charge in [-0.2, -0.15) is 0 Å². The Kier molecular flexibility index (Phi) is 14.7. The Morgan fingerprint density at radius 3 is 2.36 bits per heavy atom. The Morgan fingerprint density at radius 1 is 1.11 bits per heavy atom. The number of nitrogens with one attached hydrogen (secondary N) is 3. The van der Waals surface area contributed by atoms with Crippen LogP contribution in [0, 0.1) is 5.92 Å². The van der Waals surface area contributed by atoms with Crippen LogP contribution >= 0.6 is 24.0 Å². The zero-order valence-corrected chi connectivity index (χ0v) is 20.8. The zero-order chi connectivity index (χ0) is 20.1. The Morgan fingerprint density at radius 2 is 1.75 bits per heavy atom. The third kappa shape index (κ3) is 14.3. The van der Waals surface area contributed by atoms with Gasteiger partial charge in [0.15, 0.2) is 5.96 Å². The monoisotopic (exact) mass is 511 g/mol. The van der Waals surface area contributed by atoms with Crippen LogP contribution in [0.3, 0.4) is 0 Å². The third-order valence-electron chi connectivity index (χ3n) is 4.46. The molecule has 1 heterocycles. The van der Waals surface area contributed by atoms with Crippen molar-refractivity contribution >= 4 is 36.0 Å². The summed E-state index contributed by atoms with van der Waals surface area (Å²) in [5.41, 5.74) is -0.472. The van der Waals surface area contributed by atoms with E-state index in [2.05, 4.69) is 32.8 Å². The van der Waals surface area contributed by atoms with E-state index in [1.807, 2.05) is 27.7 Å². The summed E-state index contributed by atoms with van der Waals surface area (Å²) in [6.07, 6.45) is 4.57. The highest BCUT2D eigenvalue weighted by molar-refractivity contribution is 14.0. The number of rotatable bonds is 9. The Hall–Kier alpha value is -0.770. The molecular formula is C20H42IN5O2. The van der Waals surface area contributed by atoms with E-state index in [1.54, 1.807) is 0 Å². The molecule has 0 saturated carbocycles. The summed E-state index contributed by atoms with van der Waals surface area (Å²) in [7, 11) is 0. The van der Waals surface area contributed by atoms with E-state index in [4.69, 9.17) is 4.74 Å². The number of guanidine groups is 1. The molecule has 0 aromatic heterocycles. The second-order valence-corrected chi connectivity index (χ2v) is 8.35. The normalized spacial score (nSPS) is 16.2. The van der Waals surface area contributed by atoms with Crippen LogP contribution in [0.15, 0.2) is 4.99 Å². The van der Waals surface area contributed by atoms with E-state index in [9.17, 15) is 4.79 Å². The standard InChI is InChI=1S/C20H41N5O2.HI/c1-6-21-18(23-12-13-24-19(26)27-20(3,4)5)22-11-7-8-14-25-15-9-17(2)10-16-25;/h17H,6-16H2,1-5H3,(H,24,26)(H2,21,22,23);1H. The molecule has 28 heavy (non-hydrogen) atoms. The fraction of sp³-hybridized carbons (Fsp3) is 0.900. The molecule has 0 aromatic carbocycles. The van der Waals surface area contributed by atoms with E-state index in [0.29, 0.717) is 13.1 Å². The first-order valence-electron chi connectivity index (χ1n) is 10.5. The van der Waals surface area contributed by atoms with Crippen LogP contribution in [-0.4, -0.2) is 68.4 Å². The van der Waals surface area contributed by atoms with E-state index in [0.717, 1.165) is 31.4 Å². The lowest BCUT2D eigenvalue weighted by molar-refractivity contribution is 0.0529. The van der Waals surface area contributed by atoms with Crippen LogP contribution in [0.1, 0.15) is 60.3 Å². The van der Waals surface area contributed by atoms with Crippen molar-refractivity contribution in [2.75, 3.05) is 45.8 Å². The van der Waals surface area contributed by atoms with Crippen LogP contribution in [0.5, 0.6) is 0 Å². The first-order valence-corrected chi connectivity index (χ1v) is 10.5. The molecule has 1 aliphatic rings. The summed E-state index contributed by atoms with van der Waals surface area (Å²) in [5.74, 6) is 1.69. The maximum atomic E-state index is 11.6. The van der Waals surface area contributed by atoms with Crippen LogP contribution in [0.4, 0.5) is 4.79 Å². The summed E-state index contributed by atoms with van der Waals surface area (Å²) in [4.78, 5) is 18.8. The number of aliphatic imine (C=N–C) groups is 1. The highest BCUT2D eigenvalue weighted by atomic mass is 127. The molecule has 0 aromatic rings. The van der Waals surface area contributed by atoms with Gasteiger partial charge in [-0.3, -0.25) is 4.99 Å². The van der Waals surface area contributed by atoms with Crippen LogP contribution < -0.4 is 16.0 Å². The van der Waals surface area contributed by atoms with Crippen molar-refractivity contribution in [3.05, 3.63) is 0 Å². The maximum Gasteiger partial charge on any atom is 0.407 e. The lowest BCUT2D eigenvalue weighted by atomic mass is 9.99. The third-order valence-corrected chi connectivity index (χ3v) is 4.46. The molecular weight excluding hydrogens is 469 g/mol. The number of ether oxygens (including phenoxy) is 1. The molecule has 0 bridgehead atoms. The number of carbonyl (C=O) groups is 1. The fourth-order valence-electron chi connectivity index (χ4n) is 2.93. The van der Waals surface area contributed by atoms with Crippen molar-refractivity contribution in [3.63, 3.8) is 0 Å². The number of likely N-dealkylation sites (tertiary alicyclic amines) is 1. The average molecular weight is 511 g/mol. The number of hydrogen-bond acceptors (Lipinski definition) is 4. The van der Waals surface area contributed by atoms with Crippen molar-refractivity contribution in [3.8, 4) is 0 Å². The molecule has 1 fully saturated rings. The molecule has 1 aliphatic heterocycles. The van der Waals surface area contributed by atoms with Crippen molar-refractivity contribution < 1.29 is 9.53 Å². The maximum absolute atomic E-state index is 11.6. The second-order valence-electron chi connectivity index (χ2n) is 8.35. The quantitative estimate of drug-likeness (QED) is 0.192. The number of piperidine rings is 1. The summed E-state index contributed by atoms with van der Waals surface area (Å²) < 4.78 is 5.21. The molecule has 1 amide bonds. The minimum Gasteiger partial charge on any atom is -0.444 e. The van der Waals surface area contributed by atoms with Gasteiger partial charge >= 0.3 is 6.09 Å².